The molecule has 0 bridgehead atoms. The van der Waals surface area contributed by atoms with Crippen molar-refractivity contribution in [1.29, 1.82) is 0 Å². The average Bonchev–Trinajstić information content (AvgIpc) is 3.35. The number of rotatable bonds is 3. The van der Waals surface area contributed by atoms with Gasteiger partial charge in [0.2, 0.25) is 6.79 Å². The molecule has 6 nitrogen and oxygen atoms in total. The summed E-state index contributed by atoms with van der Waals surface area (Å²) in [6.07, 6.45) is -0.0424. The molecule has 0 unspecified atom stereocenters. The van der Waals surface area contributed by atoms with E-state index >= 15 is 0 Å². The van der Waals surface area contributed by atoms with E-state index in [1.54, 1.807) is 18.2 Å². The highest BCUT2D eigenvalue weighted by atomic mass is 16.7. The molecular weight excluding hydrogens is 354 g/mol. The average molecular weight is 373 g/mol. The predicted octanol–water partition coefficient (Wildman–Crippen LogP) is 4.51. The van der Waals surface area contributed by atoms with Crippen LogP contribution >= 0.6 is 0 Å². The molecule has 3 aromatic rings. The molecule has 1 amide bonds. The molecule has 0 aromatic heterocycles. The molecule has 2 aliphatic heterocycles. The number of para-hydroxylation sites is 2. The normalized spacial score (nSPS) is 14.2. The van der Waals surface area contributed by atoms with Gasteiger partial charge in [-0.2, -0.15) is 0 Å². The summed E-state index contributed by atoms with van der Waals surface area (Å²) in [5, 5.41) is 9.92. The second kappa shape index (κ2) is 6.49. The van der Waals surface area contributed by atoms with Gasteiger partial charge in [0.25, 0.3) is 5.91 Å². The van der Waals surface area contributed by atoms with Crippen LogP contribution < -0.4 is 25.4 Å². The summed E-state index contributed by atoms with van der Waals surface area (Å²) < 4.78 is 10.7. The topological polar surface area (TPSA) is 71.6 Å². The standard InChI is InChI=1S/C22H19N3O3/c1-13-6-7-14(21-23-16-4-2-3-5-17(16)24-21)10-18(13)25-22(26)15-8-9-19-20(11-15)28-12-27-19/h2-11,21,23-24H,12H2,1H3,(H,25,26). The number of anilines is 3. The quantitative estimate of drug-likeness (QED) is 0.630. The predicted molar refractivity (Wildman–Crippen MR) is 108 cm³/mol. The van der Waals surface area contributed by atoms with Crippen LogP contribution in [0.2, 0.25) is 0 Å². The monoisotopic (exact) mass is 373 g/mol. The highest BCUT2D eigenvalue weighted by molar-refractivity contribution is 6.05. The Bertz CT molecular complexity index is 1060. The fourth-order valence-electron chi connectivity index (χ4n) is 3.43. The molecule has 2 heterocycles. The van der Waals surface area contributed by atoms with Crippen LogP contribution in [-0.2, 0) is 0 Å². The number of carbonyl (C=O) groups is 1. The van der Waals surface area contributed by atoms with Crippen LogP contribution in [0.4, 0.5) is 17.1 Å². The van der Waals surface area contributed by atoms with Crippen molar-refractivity contribution in [2.45, 2.75) is 13.1 Å². The van der Waals surface area contributed by atoms with Crippen molar-refractivity contribution in [3.63, 3.8) is 0 Å². The van der Waals surface area contributed by atoms with Gasteiger partial charge < -0.3 is 25.4 Å². The molecule has 0 aliphatic carbocycles. The van der Waals surface area contributed by atoms with E-state index in [1.807, 2.05) is 43.3 Å². The molecule has 0 radical (unpaired) electrons. The third-order valence-corrected chi connectivity index (χ3v) is 5.00. The molecule has 28 heavy (non-hydrogen) atoms. The zero-order chi connectivity index (χ0) is 19.1. The fourth-order valence-corrected chi connectivity index (χ4v) is 3.43. The largest absolute Gasteiger partial charge is 0.454 e. The van der Waals surface area contributed by atoms with E-state index in [9.17, 15) is 4.79 Å². The smallest absolute Gasteiger partial charge is 0.255 e. The van der Waals surface area contributed by atoms with E-state index in [-0.39, 0.29) is 18.9 Å². The van der Waals surface area contributed by atoms with Crippen molar-refractivity contribution in [2.24, 2.45) is 0 Å². The Morgan fingerprint density at radius 1 is 0.964 bits per heavy atom. The van der Waals surface area contributed by atoms with Crippen LogP contribution in [0.1, 0.15) is 27.7 Å². The van der Waals surface area contributed by atoms with Crippen molar-refractivity contribution in [2.75, 3.05) is 22.7 Å². The number of nitrogens with one attached hydrogen (secondary N) is 3. The molecule has 140 valence electrons. The molecule has 0 saturated carbocycles. The lowest BCUT2D eigenvalue weighted by Crippen LogP contribution is -2.15. The molecule has 6 heteroatoms. The van der Waals surface area contributed by atoms with Gasteiger partial charge in [-0.15, -0.1) is 0 Å². The maximum Gasteiger partial charge on any atom is 0.255 e. The van der Waals surface area contributed by atoms with Gasteiger partial charge in [-0.05, 0) is 54.4 Å². The van der Waals surface area contributed by atoms with Crippen molar-refractivity contribution in [1.82, 2.24) is 0 Å². The van der Waals surface area contributed by atoms with Crippen LogP contribution in [-0.4, -0.2) is 12.7 Å². The van der Waals surface area contributed by atoms with E-state index < -0.39 is 0 Å². The molecule has 3 aromatic carbocycles. The lowest BCUT2D eigenvalue weighted by Gasteiger charge is -2.16. The van der Waals surface area contributed by atoms with Crippen molar-refractivity contribution in [3.05, 3.63) is 77.4 Å². The number of ether oxygens (including phenoxy) is 2. The van der Waals surface area contributed by atoms with E-state index in [1.165, 1.54) is 0 Å². The molecule has 5 rings (SSSR count). The third kappa shape index (κ3) is 2.89. The van der Waals surface area contributed by atoms with Gasteiger partial charge >= 0.3 is 0 Å². The van der Waals surface area contributed by atoms with Gasteiger partial charge in [0.05, 0.1) is 11.4 Å². The molecule has 0 spiro atoms. The van der Waals surface area contributed by atoms with E-state index in [0.29, 0.717) is 17.1 Å². The highest BCUT2D eigenvalue weighted by Crippen LogP contribution is 2.36. The first-order chi connectivity index (χ1) is 13.7. The summed E-state index contributed by atoms with van der Waals surface area (Å²) in [5.74, 6) is 1.07. The number of hydrogen-bond acceptors (Lipinski definition) is 5. The van der Waals surface area contributed by atoms with Crippen LogP contribution in [0.5, 0.6) is 11.5 Å². The van der Waals surface area contributed by atoms with E-state index in [0.717, 1.165) is 28.2 Å². The second-order valence-electron chi connectivity index (χ2n) is 6.86. The number of amides is 1. The van der Waals surface area contributed by atoms with Crippen molar-refractivity contribution in [3.8, 4) is 11.5 Å². The van der Waals surface area contributed by atoms with Gasteiger partial charge in [-0.25, -0.2) is 0 Å². The number of benzene rings is 3. The summed E-state index contributed by atoms with van der Waals surface area (Å²) in [4.78, 5) is 12.7. The Labute approximate surface area is 162 Å². The fraction of sp³-hybridized carbons (Fsp3) is 0.136. The Morgan fingerprint density at radius 3 is 2.50 bits per heavy atom. The summed E-state index contributed by atoms with van der Waals surface area (Å²) in [5.41, 5.74) is 5.48. The lowest BCUT2D eigenvalue weighted by atomic mass is 10.1. The number of fused-ring (bicyclic) bond motifs is 2. The molecule has 0 saturated heterocycles. The molecular formula is C22H19N3O3. The first-order valence-electron chi connectivity index (χ1n) is 9.11. The SMILES string of the molecule is Cc1ccc(C2Nc3ccccc3N2)cc1NC(=O)c1ccc2c(c1)OCO2. The first kappa shape index (κ1) is 16.5. The summed E-state index contributed by atoms with van der Waals surface area (Å²) in [7, 11) is 0. The molecule has 2 aliphatic rings. The van der Waals surface area contributed by atoms with Gasteiger partial charge in [-0.1, -0.05) is 24.3 Å². The maximum atomic E-state index is 12.7. The molecule has 3 N–H and O–H groups in total. The van der Waals surface area contributed by atoms with Gasteiger partial charge in [0.15, 0.2) is 11.5 Å². The Hall–Kier alpha value is -3.67. The van der Waals surface area contributed by atoms with Gasteiger partial charge in [0.1, 0.15) is 6.17 Å². The summed E-state index contributed by atoms with van der Waals surface area (Å²) >= 11 is 0. The van der Waals surface area contributed by atoms with Crippen molar-refractivity contribution < 1.29 is 14.3 Å². The van der Waals surface area contributed by atoms with Crippen LogP contribution in [0.25, 0.3) is 0 Å². The van der Waals surface area contributed by atoms with Crippen LogP contribution in [0.15, 0.2) is 60.7 Å². The summed E-state index contributed by atoms with van der Waals surface area (Å²) in [6.45, 7) is 2.16. The minimum Gasteiger partial charge on any atom is -0.454 e. The molecule has 0 atom stereocenters. The van der Waals surface area contributed by atoms with Crippen molar-refractivity contribution >= 4 is 23.0 Å². The molecule has 0 fully saturated rings. The maximum absolute atomic E-state index is 12.7. The Morgan fingerprint density at radius 2 is 1.71 bits per heavy atom. The minimum atomic E-state index is -0.186. The minimum absolute atomic E-state index is 0.0424. The zero-order valence-electron chi connectivity index (χ0n) is 15.3. The van der Waals surface area contributed by atoms with E-state index in [2.05, 4.69) is 22.0 Å². The summed E-state index contributed by atoms with van der Waals surface area (Å²) in [6, 6.07) is 19.3. The Kier molecular flexibility index (Phi) is 3.83. The zero-order valence-corrected chi connectivity index (χ0v) is 15.3. The van der Waals surface area contributed by atoms with Gasteiger partial charge in [0, 0.05) is 11.3 Å². The van der Waals surface area contributed by atoms with Gasteiger partial charge in [-0.3, -0.25) is 4.79 Å². The first-order valence-corrected chi connectivity index (χ1v) is 9.11. The highest BCUT2D eigenvalue weighted by Gasteiger charge is 2.22. The van der Waals surface area contributed by atoms with Crippen LogP contribution in [0.3, 0.4) is 0 Å². The third-order valence-electron chi connectivity index (χ3n) is 5.00. The van der Waals surface area contributed by atoms with Crippen LogP contribution in [0, 0.1) is 6.92 Å². The van der Waals surface area contributed by atoms with E-state index in [4.69, 9.17) is 9.47 Å². The number of carbonyl (C=O) groups excluding carboxylic acids is 1. The number of aryl methyl sites for hydroxylation is 1. The lowest BCUT2D eigenvalue weighted by molar-refractivity contribution is 0.102. The Balaban J connectivity index is 1.37. The second-order valence-corrected chi connectivity index (χ2v) is 6.86. The number of hydrogen-bond donors (Lipinski definition) is 3.